The van der Waals surface area contributed by atoms with Crippen LogP contribution in [0.25, 0.3) is 16.9 Å². The van der Waals surface area contributed by atoms with Crippen LogP contribution in [0.5, 0.6) is 0 Å². The van der Waals surface area contributed by atoms with E-state index in [0.717, 1.165) is 5.56 Å². The van der Waals surface area contributed by atoms with E-state index in [-0.39, 0.29) is 5.82 Å². The number of nitrogens with zero attached hydrogens (tertiary/aromatic N) is 5. The Bertz CT molecular complexity index is 1200. The molecule has 152 valence electrons. The smallest absolute Gasteiger partial charge is 0.423 e. The second-order valence-electron chi connectivity index (χ2n) is 7.00. The third-order valence-electron chi connectivity index (χ3n) is 4.64. The first kappa shape index (κ1) is 19.8. The summed E-state index contributed by atoms with van der Waals surface area (Å²) in [4.78, 5) is 11.0. The van der Waals surface area contributed by atoms with Gasteiger partial charge in [-0.25, -0.2) is 4.39 Å². The van der Waals surface area contributed by atoms with Gasteiger partial charge in [-0.15, -0.1) is 0 Å². The molecule has 0 radical (unpaired) electrons. The number of hydrogen-bond acceptors (Lipinski definition) is 7. The molecule has 10 heteroatoms. The molecule has 2 heterocycles. The van der Waals surface area contributed by atoms with Crippen LogP contribution in [0.15, 0.2) is 54.7 Å². The molecule has 0 saturated carbocycles. The second-order valence-corrected chi connectivity index (χ2v) is 7.00. The average molecular weight is 406 g/mol. The Morgan fingerprint density at radius 2 is 1.90 bits per heavy atom. The Morgan fingerprint density at radius 3 is 2.63 bits per heavy atom. The zero-order valence-electron chi connectivity index (χ0n) is 16.5. The molecule has 4 rings (SSSR count). The number of benzene rings is 2. The Kier molecular flexibility index (Phi) is 5.34. The molecular formula is C20H20BFN6O2. The number of halogens is 1. The van der Waals surface area contributed by atoms with Crippen molar-refractivity contribution in [3.63, 3.8) is 0 Å². The van der Waals surface area contributed by atoms with Gasteiger partial charge < -0.3 is 20.3 Å². The van der Waals surface area contributed by atoms with Crippen LogP contribution in [0, 0.1) is 5.82 Å². The van der Waals surface area contributed by atoms with Crippen molar-refractivity contribution in [3.05, 3.63) is 66.1 Å². The molecule has 0 bridgehead atoms. The summed E-state index contributed by atoms with van der Waals surface area (Å²) in [6.07, 6.45) is 1.55. The number of rotatable bonds is 6. The highest BCUT2D eigenvalue weighted by Crippen LogP contribution is 2.20. The van der Waals surface area contributed by atoms with E-state index in [9.17, 15) is 14.4 Å². The largest absolute Gasteiger partial charge is 0.489 e. The molecule has 2 aromatic carbocycles. The minimum atomic E-state index is -1.61. The van der Waals surface area contributed by atoms with Crippen molar-refractivity contribution in [2.45, 2.75) is 6.54 Å². The van der Waals surface area contributed by atoms with Crippen LogP contribution < -0.4 is 15.7 Å². The van der Waals surface area contributed by atoms with E-state index in [4.69, 9.17) is 0 Å². The minimum Gasteiger partial charge on any atom is -0.423 e. The van der Waals surface area contributed by atoms with Gasteiger partial charge in [-0.2, -0.15) is 19.7 Å². The highest BCUT2D eigenvalue weighted by molar-refractivity contribution is 6.61. The van der Waals surface area contributed by atoms with Crippen molar-refractivity contribution in [3.8, 4) is 5.95 Å². The molecule has 0 atom stereocenters. The molecule has 4 aromatic rings. The Hall–Kier alpha value is -3.50. The monoisotopic (exact) mass is 406 g/mol. The lowest BCUT2D eigenvalue weighted by Crippen LogP contribution is -2.30. The summed E-state index contributed by atoms with van der Waals surface area (Å²) in [6.45, 7) is 0.391. The van der Waals surface area contributed by atoms with Crippen LogP contribution in [0.1, 0.15) is 5.56 Å². The molecule has 0 spiro atoms. The van der Waals surface area contributed by atoms with E-state index < -0.39 is 7.12 Å². The fourth-order valence-corrected chi connectivity index (χ4v) is 3.13. The van der Waals surface area contributed by atoms with Gasteiger partial charge in [0.1, 0.15) is 17.5 Å². The van der Waals surface area contributed by atoms with Gasteiger partial charge in [0.2, 0.25) is 0 Å². The fourth-order valence-electron chi connectivity index (χ4n) is 3.13. The summed E-state index contributed by atoms with van der Waals surface area (Å²) in [6, 6.07) is 13.3. The van der Waals surface area contributed by atoms with Crippen molar-refractivity contribution in [1.82, 2.24) is 19.7 Å². The van der Waals surface area contributed by atoms with E-state index in [0.29, 0.717) is 40.5 Å². The second kappa shape index (κ2) is 8.09. The number of fused-ring (bicyclic) bond motifs is 1. The SMILES string of the molecule is CN(C)c1cc(NCc2cccc(F)c2)nc(-n2ncc3c(B(O)O)cccc32)n1. The molecule has 3 N–H and O–H groups in total. The summed E-state index contributed by atoms with van der Waals surface area (Å²) in [5.41, 5.74) is 1.78. The maximum atomic E-state index is 13.4. The summed E-state index contributed by atoms with van der Waals surface area (Å²) >= 11 is 0. The van der Waals surface area contributed by atoms with Crippen molar-refractivity contribution in [2.75, 3.05) is 24.3 Å². The maximum Gasteiger partial charge on any atom is 0.489 e. The Morgan fingerprint density at radius 1 is 1.10 bits per heavy atom. The molecule has 0 aliphatic rings. The standard InChI is InChI=1S/C20H20BFN6O2/c1-27(2)19-10-18(23-11-13-5-3-6-14(22)9-13)25-20(26-19)28-17-8-4-7-16(21(29)30)15(17)12-24-28/h3-10,12,29-30H,11H2,1-2H3,(H,23,25,26). The van der Waals surface area contributed by atoms with Crippen molar-refractivity contribution >= 4 is 35.1 Å². The van der Waals surface area contributed by atoms with Crippen molar-refractivity contribution in [1.29, 1.82) is 0 Å². The minimum absolute atomic E-state index is 0.295. The molecule has 0 aliphatic carbocycles. The first-order valence-electron chi connectivity index (χ1n) is 9.30. The number of aromatic nitrogens is 4. The predicted molar refractivity (Wildman–Crippen MR) is 115 cm³/mol. The van der Waals surface area contributed by atoms with Gasteiger partial charge in [0.25, 0.3) is 5.95 Å². The highest BCUT2D eigenvalue weighted by Gasteiger charge is 2.18. The highest BCUT2D eigenvalue weighted by atomic mass is 19.1. The first-order chi connectivity index (χ1) is 14.4. The van der Waals surface area contributed by atoms with Gasteiger partial charge in [0.15, 0.2) is 0 Å². The van der Waals surface area contributed by atoms with E-state index in [1.807, 2.05) is 25.1 Å². The summed E-state index contributed by atoms with van der Waals surface area (Å²) in [5, 5.41) is 27.4. The first-order valence-corrected chi connectivity index (χ1v) is 9.30. The van der Waals surface area contributed by atoms with Crippen molar-refractivity contribution < 1.29 is 14.4 Å². The molecule has 2 aromatic heterocycles. The lowest BCUT2D eigenvalue weighted by Gasteiger charge is -2.15. The zero-order chi connectivity index (χ0) is 21.3. The van der Waals surface area contributed by atoms with Crippen LogP contribution >= 0.6 is 0 Å². The van der Waals surface area contributed by atoms with Crippen LogP contribution in [0.2, 0.25) is 0 Å². The third kappa shape index (κ3) is 3.96. The van der Waals surface area contributed by atoms with Crippen molar-refractivity contribution in [2.24, 2.45) is 0 Å². The van der Waals surface area contributed by atoms with Gasteiger partial charge >= 0.3 is 7.12 Å². The van der Waals surface area contributed by atoms with Crippen LogP contribution in [-0.2, 0) is 6.54 Å². The van der Waals surface area contributed by atoms with E-state index in [1.165, 1.54) is 12.1 Å². The topological polar surface area (TPSA) is 99.3 Å². The van der Waals surface area contributed by atoms with Crippen LogP contribution in [0.4, 0.5) is 16.0 Å². The molecule has 0 aliphatic heterocycles. The molecule has 0 amide bonds. The van der Waals surface area contributed by atoms with Crippen LogP contribution in [0.3, 0.4) is 0 Å². The van der Waals surface area contributed by atoms with E-state index in [2.05, 4.69) is 20.4 Å². The van der Waals surface area contributed by atoms with Crippen LogP contribution in [-0.4, -0.2) is 51.0 Å². The van der Waals surface area contributed by atoms with Gasteiger partial charge in [0, 0.05) is 32.1 Å². The number of anilines is 2. The fraction of sp³-hybridized carbons (Fsp3) is 0.150. The maximum absolute atomic E-state index is 13.4. The molecule has 30 heavy (non-hydrogen) atoms. The van der Waals surface area contributed by atoms with Gasteiger partial charge in [-0.1, -0.05) is 24.3 Å². The quantitative estimate of drug-likeness (QED) is 0.416. The van der Waals surface area contributed by atoms with E-state index in [1.54, 1.807) is 41.2 Å². The Balaban J connectivity index is 1.73. The molecule has 8 nitrogen and oxygen atoms in total. The normalized spacial score (nSPS) is 11.0. The third-order valence-corrected chi connectivity index (χ3v) is 4.64. The summed E-state index contributed by atoms with van der Waals surface area (Å²) in [7, 11) is 2.12. The zero-order valence-corrected chi connectivity index (χ0v) is 16.5. The van der Waals surface area contributed by atoms with Gasteiger partial charge in [0.05, 0.1) is 11.7 Å². The lowest BCUT2D eigenvalue weighted by molar-refractivity contribution is 0.426. The molecule has 0 unspecified atom stereocenters. The lowest BCUT2D eigenvalue weighted by atomic mass is 9.78. The molecule has 0 saturated heterocycles. The average Bonchev–Trinajstić information content (AvgIpc) is 3.16. The Labute approximate surface area is 172 Å². The van der Waals surface area contributed by atoms with Gasteiger partial charge in [-0.3, -0.25) is 0 Å². The summed E-state index contributed by atoms with van der Waals surface area (Å²) in [5.74, 6) is 1.23. The number of hydrogen-bond donors (Lipinski definition) is 3. The number of nitrogens with one attached hydrogen (secondary N) is 1. The molecular weight excluding hydrogens is 386 g/mol. The summed E-state index contributed by atoms with van der Waals surface area (Å²) < 4.78 is 15.0. The molecule has 0 fully saturated rings. The predicted octanol–water partition coefficient (Wildman–Crippen LogP) is 1.31. The van der Waals surface area contributed by atoms with E-state index >= 15 is 0 Å². The van der Waals surface area contributed by atoms with Gasteiger partial charge in [-0.05, 0) is 29.2 Å².